The number of aliphatic hydroxyl groups is 1. The van der Waals surface area contributed by atoms with Crippen LogP contribution in [0, 0.1) is 11.8 Å². The molecule has 6 nitrogen and oxygen atoms in total. The fourth-order valence-corrected chi connectivity index (χ4v) is 2.85. The lowest BCUT2D eigenvalue weighted by Crippen LogP contribution is -2.45. The van der Waals surface area contributed by atoms with Crippen LogP contribution in [-0.4, -0.2) is 56.2 Å². The van der Waals surface area contributed by atoms with E-state index in [9.17, 15) is 13.2 Å². The smallest absolute Gasteiger partial charge is 0.224 e. The molecule has 0 aliphatic carbocycles. The molecule has 1 heterocycles. The highest BCUT2D eigenvalue weighted by atomic mass is 32.2. The van der Waals surface area contributed by atoms with Gasteiger partial charge in [-0.25, -0.2) is 12.7 Å². The van der Waals surface area contributed by atoms with Gasteiger partial charge in [-0.3, -0.25) is 4.79 Å². The number of piperidine rings is 1. The molecule has 7 heteroatoms. The van der Waals surface area contributed by atoms with Crippen LogP contribution in [0.25, 0.3) is 0 Å². The van der Waals surface area contributed by atoms with E-state index in [0.29, 0.717) is 25.9 Å². The van der Waals surface area contributed by atoms with Gasteiger partial charge in [0.2, 0.25) is 15.9 Å². The summed E-state index contributed by atoms with van der Waals surface area (Å²) in [4.78, 5) is 11.9. The second-order valence-electron chi connectivity index (χ2n) is 4.99. The average Bonchev–Trinajstić information content (AvgIpc) is 2.34. The van der Waals surface area contributed by atoms with Gasteiger partial charge >= 0.3 is 0 Å². The number of hydrogen-bond donors (Lipinski definition) is 2. The third-order valence-corrected chi connectivity index (χ3v) is 4.43. The predicted molar refractivity (Wildman–Crippen MR) is 68.4 cm³/mol. The molecule has 0 aromatic carbocycles. The van der Waals surface area contributed by atoms with Crippen LogP contribution in [0.2, 0.25) is 0 Å². The van der Waals surface area contributed by atoms with E-state index in [1.165, 1.54) is 10.6 Å². The minimum atomic E-state index is -3.21. The number of carbonyl (C=O) groups excluding carboxylic acids is 1. The molecule has 18 heavy (non-hydrogen) atoms. The van der Waals surface area contributed by atoms with Crippen molar-refractivity contribution in [2.45, 2.75) is 19.8 Å². The number of rotatable bonds is 5. The Balaban J connectivity index is 2.49. The zero-order chi connectivity index (χ0) is 13.8. The van der Waals surface area contributed by atoms with Crippen molar-refractivity contribution < 1.29 is 18.3 Å². The first kappa shape index (κ1) is 15.4. The molecule has 0 aromatic rings. The Bertz CT molecular complexity index is 383. The van der Waals surface area contributed by atoms with Gasteiger partial charge in [0.25, 0.3) is 0 Å². The summed E-state index contributed by atoms with van der Waals surface area (Å²) in [6, 6.07) is 0. The van der Waals surface area contributed by atoms with E-state index in [4.69, 9.17) is 5.11 Å². The van der Waals surface area contributed by atoms with Crippen molar-refractivity contribution in [1.82, 2.24) is 9.62 Å². The average molecular weight is 278 g/mol. The van der Waals surface area contributed by atoms with E-state index in [1.807, 2.05) is 6.92 Å². The number of nitrogens with zero attached hydrogens (tertiary/aromatic N) is 1. The van der Waals surface area contributed by atoms with Crippen LogP contribution >= 0.6 is 0 Å². The summed E-state index contributed by atoms with van der Waals surface area (Å²) in [5.41, 5.74) is 0. The van der Waals surface area contributed by atoms with Gasteiger partial charge in [-0.15, -0.1) is 0 Å². The molecule has 0 radical (unpaired) electrons. The van der Waals surface area contributed by atoms with Crippen LogP contribution in [0.3, 0.4) is 0 Å². The number of nitrogens with one attached hydrogen (secondary N) is 1. The summed E-state index contributed by atoms with van der Waals surface area (Å²) >= 11 is 0. The minimum Gasteiger partial charge on any atom is -0.396 e. The Hall–Kier alpha value is -0.660. The Kier molecular flexibility index (Phi) is 5.55. The lowest BCUT2D eigenvalue weighted by Gasteiger charge is -2.30. The van der Waals surface area contributed by atoms with Gasteiger partial charge in [0.1, 0.15) is 0 Å². The molecular weight excluding hydrogens is 256 g/mol. The van der Waals surface area contributed by atoms with Crippen molar-refractivity contribution in [3.05, 3.63) is 0 Å². The van der Waals surface area contributed by atoms with E-state index in [0.717, 1.165) is 0 Å². The quantitative estimate of drug-likeness (QED) is 0.703. The zero-order valence-corrected chi connectivity index (χ0v) is 11.7. The topological polar surface area (TPSA) is 86.7 Å². The summed E-state index contributed by atoms with van der Waals surface area (Å²) in [7, 11) is -3.21. The van der Waals surface area contributed by atoms with Crippen LogP contribution < -0.4 is 5.32 Å². The molecule has 1 rings (SSSR count). The standard InChI is InChI=1S/C11H22N2O4S/c1-9(8-14)6-12-11(15)10-4-3-5-13(7-10)18(2,16)17/h9-10,14H,3-8H2,1-2H3,(H,12,15). The van der Waals surface area contributed by atoms with Crippen molar-refractivity contribution in [3.8, 4) is 0 Å². The SMILES string of the molecule is CC(CO)CNC(=O)C1CCCN(S(C)(=O)=O)C1. The van der Waals surface area contributed by atoms with Crippen molar-refractivity contribution >= 4 is 15.9 Å². The molecule has 0 bridgehead atoms. The maximum absolute atomic E-state index is 11.9. The van der Waals surface area contributed by atoms with Crippen LogP contribution in [0.1, 0.15) is 19.8 Å². The summed E-state index contributed by atoms with van der Waals surface area (Å²) in [6.07, 6.45) is 2.59. The fraction of sp³-hybridized carbons (Fsp3) is 0.909. The van der Waals surface area contributed by atoms with Crippen molar-refractivity contribution in [2.75, 3.05) is 32.5 Å². The predicted octanol–water partition coefficient (Wildman–Crippen LogP) is -0.597. The highest BCUT2D eigenvalue weighted by Gasteiger charge is 2.29. The Morgan fingerprint density at radius 3 is 2.78 bits per heavy atom. The van der Waals surface area contributed by atoms with Crippen LogP contribution in [0.4, 0.5) is 0 Å². The zero-order valence-electron chi connectivity index (χ0n) is 10.9. The number of sulfonamides is 1. The number of carbonyl (C=O) groups is 1. The summed E-state index contributed by atoms with van der Waals surface area (Å²) < 4.78 is 24.2. The second-order valence-corrected chi connectivity index (χ2v) is 6.98. The van der Waals surface area contributed by atoms with E-state index < -0.39 is 10.0 Å². The van der Waals surface area contributed by atoms with Crippen LogP contribution in [0.15, 0.2) is 0 Å². The van der Waals surface area contributed by atoms with E-state index >= 15 is 0 Å². The molecule has 1 fully saturated rings. The summed E-state index contributed by atoms with van der Waals surface area (Å²) in [5, 5.41) is 11.6. The molecule has 0 aromatic heterocycles. The fourth-order valence-electron chi connectivity index (χ4n) is 1.94. The lowest BCUT2D eigenvalue weighted by molar-refractivity contribution is -0.126. The minimum absolute atomic E-state index is 0.0172. The lowest BCUT2D eigenvalue weighted by atomic mass is 9.98. The number of amides is 1. The molecule has 1 aliphatic rings. The molecule has 0 saturated carbocycles. The maximum atomic E-state index is 11.9. The van der Waals surface area contributed by atoms with Gasteiger partial charge in [0, 0.05) is 26.2 Å². The van der Waals surface area contributed by atoms with Crippen LogP contribution in [-0.2, 0) is 14.8 Å². The Morgan fingerprint density at radius 1 is 1.56 bits per heavy atom. The molecule has 1 saturated heterocycles. The maximum Gasteiger partial charge on any atom is 0.224 e. The molecule has 1 aliphatic heterocycles. The van der Waals surface area contributed by atoms with Gasteiger partial charge in [-0.05, 0) is 18.8 Å². The highest BCUT2D eigenvalue weighted by Crippen LogP contribution is 2.18. The molecule has 0 spiro atoms. The molecule has 2 atom stereocenters. The van der Waals surface area contributed by atoms with Crippen molar-refractivity contribution in [2.24, 2.45) is 11.8 Å². The van der Waals surface area contributed by atoms with Crippen LogP contribution in [0.5, 0.6) is 0 Å². The van der Waals surface area contributed by atoms with Gasteiger partial charge in [-0.2, -0.15) is 0 Å². The highest BCUT2D eigenvalue weighted by molar-refractivity contribution is 7.88. The number of aliphatic hydroxyl groups excluding tert-OH is 1. The van der Waals surface area contributed by atoms with Gasteiger partial charge < -0.3 is 10.4 Å². The number of hydrogen-bond acceptors (Lipinski definition) is 4. The van der Waals surface area contributed by atoms with Crippen molar-refractivity contribution in [3.63, 3.8) is 0 Å². The Morgan fingerprint density at radius 2 is 2.22 bits per heavy atom. The normalized spacial score (nSPS) is 23.6. The first-order chi connectivity index (χ1) is 8.34. The molecule has 2 unspecified atom stereocenters. The third-order valence-electron chi connectivity index (χ3n) is 3.16. The first-order valence-corrected chi connectivity index (χ1v) is 8.03. The van der Waals surface area contributed by atoms with Gasteiger partial charge in [0.15, 0.2) is 0 Å². The van der Waals surface area contributed by atoms with E-state index in [-0.39, 0.29) is 30.9 Å². The Labute approximate surface area is 108 Å². The monoisotopic (exact) mass is 278 g/mol. The molecular formula is C11H22N2O4S. The summed E-state index contributed by atoms with van der Waals surface area (Å²) in [6.45, 7) is 3.04. The third kappa shape index (κ3) is 4.55. The molecule has 2 N–H and O–H groups in total. The van der Waals surface area contributed by atoms with Gasteiger partial charge in [-0.1, -0.05) is 6.92 Å². The largest absolute Gasteiger partial charge is 0.396 e. The van der Waals surface area contributed by atoms with Crippen molar-refractivity contribution in [1.29, 1.82) is 0 Å². The second kappa shape index (κ2) is 6.49. The van der Waals surface area contributed by atoms with Gasteiger partial charge in [0.05, 0.1) is 12.2 Å². The molecule has 1 amide bonds. The summed E-state index contributed by atoms with van der Waals surface area (Å²) in [5.74, 6) is -0.383. The first-order valence-electron chi connectivity index (χ1n) is 6.18. The molecule has 106 valence electrons. The van der Waals surface area contributed by atoms with E-state index in [2.05, 4.69) is 5.32 Å². The van der Waals surface area contributed by atoms with E-state index in [1.54, 1.807) is 0 Å².